The lowest BCUT2D eigenvalue weighted by Crippen LogP contribution is -2.49. The Hall–Kier alpha value is 0.210. The lowest BCUT2D eigenvalue weighted by molar-refractivity contribution is -0.00332. The molecule has 2 nitrogen and oxygen atoms in total. The molecule has 0 amide bonds. The Morgan fingerprint density at radius 3 is 2.09 bits per heavy atom. The first-order valence-electron chi connectivity index (χ1n) is 4.26. The molecule has 1 heterocycles. The van der Waals surface area contributed by atoms with Crippen LogP contribution >= 0.6 is 12.4 Å². The van der Waals surface area contributed by atoms with Crippen molar-refractivity contribution in [2.75, 3.05) is 13.1 Å². The van der Waals surface area contributed by atoms with Crippen molar-refractivity contribution in [1.82, 2.24) is 5.32 Å². The molecule has 2 atom stereocenters. The van der Waals surface area contributed by atoms with E-state index in [1.54, 1.807) is 0 Å². The SMILES string of the molecule is Cl.OC1C2CCCC1CNC2. The summed E-state index contributed by atoms with van der Waals surface area (Å²) >= 11 is 0. The van der Waals surface area contributed by atoms with E-state index < -0.39 is 0 Å². The average molecular weight is 178 g/mol. The van der Waals surface area contributed by atoms with E-state index in [0.29, 0.717) is 11.8 Å². The molecule has 2 rings (SSSR count). The van der Waals surface area contributed by atoms with E-state index in [4.69, 9.17) is 0 Å². The van der Waals surface area contributed by atoms with Crippen molar-refractivity contribution in [3.8, 4) is 0 Å². The normalized spacial score (nSPS) is 42.8. The van der Waals surface area contributed by atoms with Gasteiger partial charge in [-0.3, -0.25) is 0 Å². The third-order valence-electron chi connectivity index (χ3n) is 2.93. The van der Waals surface area contributed by atoms with Gasteiger partial charge in [-0.15, -0.1) is 12.4 Å². The summed E-state index contributed by atoms with van der Waals surface area (Å²) in [5, 5.41) is 13.0. The molecule has 66 valence electrons. The summed E-state index contributed by atoms with van der Waals surface area (Å²) in [5.74, 6) is 1.12. The minimum atomic E-state index is 0. The van der Waals surface area contributed by atoms with E-state index in [1.807, 2.05) is 0 Å². The molecule has 0 aromatic rings. The maximum atomic E-state index is 9.65. The van der Waals surface area contributed by atoms with E-state index in [0.717, 1.165) is 13.1 Å². The van der Waals surface area contributed by atoms with E-state index in [2.05, 4.69) is 5.32 Å². The summed E-state index contributed by atoms with van der Waals surface area (Å²) < 4.78 is 0. The van der Waals surface area contributed by atoms with Crippen LogP contribution in [0.3, 0.4) is 0 Å². The van der Waals surface area contributed by atoms with E-state index in [-0.39, 0.29) is 18.5 Å². The Labute approximate surface area is 73.8 Å². The van der Waals surface area contributed by atoms with E-state index >= 15 is 0 Å². The molecule has 0 spiro atoms. The first-order chi connectivity index (χ1) is 4.88. The number of hydrogen-bond acceptors (Lipinski definition) is 2. The predicted molar refractivity (Wildman–Crippen MR) is 47.0 cm³/mol. The van der Waals surface area contributed by atoms with Gasteiger partial charge in [0, 0.05) is 13.1 Å². The number of halogens is 1. The lowest BCUT2D eigenvalue weighted by atomic mass is 9.76. The van der Waals surface area contributed by atoms with Gasteiger partial charge in [-0.05, 0) is 24.7 Å². The molecular formula is C8H16ClNO. The third kappa shape index (κ3) is 1.68. The van der Waals surface area contributed by atoms with Gasteiger partial charge < -0.3 is 10.4 Å². The number of aliphatic hydroxyl groups excluding tert-OH is 1. The molecule has 1 aliphatic heterocycles. The predicted octanol–water partition coefficient (Wildman–Crippen LogP) is 0.789. The molecule has 2 N–H and O–H groups in total. The Morgan fingerprint density at radius 1 is 1.09 bits per heavy atom. The van der Waals surface area contributed by atoms with Crippen LogP contribution in [0.1, 0.15) is 19.3 Å². The summed E-state index contributed by atoms with van der Waals surface area (Å²) in [5.41, 5.74) is 0. The zero-order valence-corrected chi connectivity index (χ0v) is 7.44. The van der Waals surface area contributed by atoms with Crippen LogP contribution in [0.25, 0.3) is 0 Å². The van der Waals surface area contributed by atoms with Crippen LogP contribution < -0.4 is 5.32 Å². The minimum Gasteiger partial charge on any atom is -0.392 e. The maximum absolute atomic E-state index is 9.65. The van der Waals surface area contributed by atoms with Crippen LogP contribution in [0.5, 0.6) is 0 Å². The summed E-state index contributed by atoms with van der Waals surface area (Å²) in [6.45, 7) is 2.08. The molecule has 0 aromatic heterocycles. The molecule has 2 aliphatic rings. The van der Waals surface area contributed by atoms with Gasteiger partial charge in [0.1, 0.15) is 0 Å². The number of aliphatic hydroxyl groups is 1. The van der Waals surface area contributed by atoms with Crippen molar-refractivity contribution in [1.29, 1.82) is 0 Å². The summed E-state index contributed by atoms with van der Waals surface area (Å²) in [7, 11) is 0. The first-order valence-corrected chi connectivity index (χ1v) is 4.26. The number of fused-ring (bicyclic) bond motifs is 2. The summed E-state index contributed by atoms with van der Waals surface area (Å²) in [4.78, 5) is 0. The van der Waals surface area contributed by atoms with Gasteiger partial charge in [-0.1, -0.05) is 6.42 Å². The highest BCUT2D eigenvalue weighted by Crippen LogP contribution is 2.31. The Kier molecular flexibility index (Phi) is 3.16. The van der Waals surface area contributed by atoms with Crippen molar-refractivity contribution in [3.05, 3.63) is 0 Å². The van der Waals surface area contributed by atoms with Gasteiger partial charge in [0.15, 0.2) is 0 Å². The van der Waals surface area contributed by atoms with Gasteiger partial charge >= 0.3 is 0 Å². The smallest absolute Gasteiger partial charge is 0.0620 e. The first kappa shape index (κ1) is 9.30. The van der Waals surface area contributed by atoms with Crippen molar-refractivity contribution >= 4 is 12.4 Å². The van der Waals surface area contributed by atoms with Gasteiger partial charge in [-0.25, -0.2) is 0 Å². The minimum absolute atomic E-state index is 0. The topological polar surface area (TPSA) is 32.3 Å². The Morgan fingerprint density at radius 2 is 1.64 bits per heavy atom. The quantitative estimate of drug-likeness (QED) is 0.574. The Balaban J connectivity index is 0.000000605. The molecular weight excluding hydrogens is 162 g/mol. The highest BCUT2D eigenvalue weighted by molar-refractivity contribution is 5.85. The summed E-state index contributed by atoms with van der Waals surface area (Å²) in [6.07, 6.45) is 3.79. The zero-order chi connectivity index (χ0) is 6.97. The van der Waals surface area contributed by atoms with Crippen LogP contribution in [-0.4, -0.2) is 24.3 Å². The van der Waals surface area contributed by atoms with Crippen molar-refractivity contribution in [3.63, 3.8) is 0 Å². The molecule has 11 heavy (non-hydrogen) atoms. The van der Waals surface area contributed by atoms with Crippen molar-refractivity contribution in [2.24, 2.45) is 11.8 Å². The monoisotopic (exact) mass is 177 g/mol. The highest BCUT2D eigenvalue weighted by Gasteiger charge is 2.34. The molecule has 2 bridgehead atoms. The third-order valence-corrected chi connectivity index (χ3v) is 2.93. The molecule has 1 saturated carbocycles. The largest absolute Gasteiger partial charge is 0.392 e. The molecule has 2 fully saturated rings. The number of rotatable bonds is 0. The fraction of sp³-hybridized carbons (Fsp3) is 1.00. The second-order valence-corrected chi connectivity index (χ2v) is 3.60. The van der Waals surface area contributed by atoms with Crippen LogP contribution in [-0.2, 0) is 0 Å². The van der Waals surface area contributed by atoms with Crippen LogP contribution in [0.4, 0.5) is 0 Å². The second-order valence-electron chi connectivity index (χ2n) is 3.60. The van der Waals surface area contributed by atoms with Gasteiger partial charge in [0.2, 0.25) is 0 Å². The second kappa shape index (κ2) is 3.74. The molecule has 0 radical (unpaired) electrons. The highest BCUT2D eigenvalue weighted by atomic mass is 35.5. The molecule has 3 heteroatoms. The average Bonchev–Trinajstić information content (AvgIpc) is 1.86. The molecule has 1 aliphatic carbocycles. The van der Waals surface area contributed by atoms with Gasteiger partial charge in [-0.2, -0.15) is 0 Å². The van der Waals surface area contributed by atoms with Crippen LogP contribution in [0, 0.1) is 11.8 Å². The van der Waals surface area contributed by atoms with E-state index in [9.17, 15) is 5.11 Å². The lowest BCUT2D eigenvalue weighted by Gasteiger charge is -2.39. The Bertz CT molecular complexity index is 109. The molecule has 1 saturated heterocycles. The van der Waals surface area contributed by atoms with E-state index in [1.165, 1.54) is 19.3 Å². The van der Waals surface area contributed by atoms with Crippen molar-refractivity contribution in [2.45, 2.75) is 25.4 Å². The van der Waals surface area contributed by atoms with Gasteiger partial charge in [0.05, 0.1) is 6.10 Å². The van der Waals surface area contributed by atoms with Crippen LogP contribution in [0.2, 0.25) is 0 Å². The zero-order valence-electron chi connectivity index (χ0n) is 6.62. The van der Waals surface area contributed by atoms with Crippen molar-refractivity contribution < 1.29 is 5.11 Å². The maximum Gasteiger partial charge on any atom is 0.0620 e. The fourth-order valence-corrected chi connectivity index (χ4v) is 2.27. The molecule has 0 aromatic carbocycles. The number of nitrogens with one attached hydrogen (secondary N) is 1. The number of piperidine rings is 1. The van der Waals surface area contributed by atoms with Crippen LogP contribution in [0.15, 0.2) is 0 Å². The van der Waals surface area contributed by atoms with Gasteiger partial charge in [0.25, 0.3) is 0 Å². The summed E-state index contributed by atoms with van der Waals surface area (Å²) in [6, 6.07) is 0. The standard InChI is InChI=1S/C8H15NO.ClH/c10-8-6-2-1-3-7(8)5-9-4-6;/h6-10H,1-5H2;1H. The number of hydrogen-bond donors (Lipinski definition) is 2. The molecule has 2 unspecified atom stereocenters. The fourth-order valence-electron chi connectivity index (χ4n) is 2.27.